The van der Waals surface area contributed by atoms with Crippen molar-refractivity contribution < 1.29 is 0 Å². The number of hydrogen-bond donors (Lipinski definition) is 1. The summed E-state index contributed by atoms with van der Waals surface area (Å²) in [6.07, 6.45) is 1.86. The maximum absolute atomic E-state index is 5.98. The molecule has 0 saturated carbocycles. The topological polar surface area (TPSA) is 38.9 Å². The molecule has 0 spiro atoms. The van der Waals surface area contributed by atoms with Crippen LogP contribution in [0, 0.1) is 6.92 Å². The lowest BCUT2D eigenvalue weighted by atomic mass is 10.0. The highest BCUT2D eigenvalue weighted by molar-refractivity contribution is 5.79. The minimum Gasteiger partial charge on any atom is -0.327 e. The molecule has 2 aromatic rings. The van der Waals surface area contributed by atoms with E-state index in [0.717, 1.165) is 24.1 Å². The van der Waals surface area contributed by atoms with Gasteiger partial charge in [-0.05, 0) is 31.0 Å². The minimum absolute atomic E-state index is 0.215. The molecule has 1 aromatic heterocycles. The summed E-state index contributed by atoms with van der Waals surface area (Å²) in [5.74, 6) is 0. The molecule has 0 saturated heterocycles. The number of para-hydroxylation sites is 1. The fraction of sp³-hybridized carbons (Fsp3) is 0.357. The molecule has 0 aliphatic rings. The summed E-state index contributed by atoms with van der Waals surface area (Å²) in [6.45, 7) is 4.22. The van der Waals surface area contributed by atoms with E-state index in [1.165, 1.54) is 10.9 Å². The third-order valence-electron chi connectivity index (χ3n) is 3.00. The van der Waals surface area contributed by atoms with Gasteiger partial charge < -0.3 is 5.73 Å². The first-order valence-corrected chi connectivity index (χ1v) is 5.81. The number of pyridine rings is 1. The van der Waals surface area contributed by atoms with E-state index in [-0.39, 0.29) is 6.04 Å². The van der Waals surface area contributed by atoms with Crippen LogP contribution in [-0.2, 0) is 6.42 Å². The zero-order valence-corrected chi connectivity index (χ0v) is 9.90. The molecule has 0 bridgehead atoms. The van der Waals surface area contributed by atoms with Crippen molar-refractivity contribution in [1.82, 2.24) is 4.98 Å². The molecular weight excluding hydrogens is 196 g/mol. The van der Waals surface area contributed by atoms with Crippen molar-refractivity contribution in [2.75, 3.05) is 0 Å². The molecule has 2 rings (SSSR count). The molecule has 1 unspecified atom stereocenters. The van der Waals surface area contributed by atoms with Crippen LogP contribution >= 0.6 is 0 Å². The Morgan fingerprint density at radius 2 is 2.06 bits per heavy atom. The lowest BCUT2D eigenvalue weighted by Crippen LogP contribution is -2.22. The number of hydrogen-bond acceptors (Lipinski definition) is 2. The van der Waals surface area contributed by atoms with Crippen molar-refractivity contribution in [1.29, 1.82) is 0 Å². The molecular formula is C14H18N2. The Bertz CT molecular complexity index is 491. The number of aryl methyl sites for hydroxylation is 1. The van der Waals surface area contributed by atoms with E-state index in [1.54, 1.807) is 0 Å². The first-order chi connectivity index (χ1) is 7.70. The number of nitrogens with two attached hydrogens (primary N) is 1. The zero-order valence-electron chi connectivity index (χ0n) is 9.90. The molecule has 2 nitrogen and oxygen atoms in total. The smallest absolute Gasteiger partial charge is 0.0705 e. The third-order valence-corrected chi connectivity index (χ3v) is 3.00. The molecule has 1 aromatic carbocycles. The molecule has 16 heavy (non-hydrogen) atoms. The van der Waals surface area contributed by atoms with Gasteiger partial charge in [0, 0.05) is 23.5 Å². The number of nitrogens with zero attached hydrogens (tertiary/aromatic N) is 1. The monoisotopic (exact) mass is 214 g/mol. The first-order valence-electron chi connectivity index (χ1n) is 5.81. The van der Waals surface area contributed by atoms with Crippen molar-refractivity contribution in [3.63, 3.8) is 0 Å². The average molecular weight is 214 g/mol. The quantitative estimate of drug-likeness (QED) is 0.853. The highest BCUT2D eigenvalue weighted by atomic mass is 14.7. The molecule has 84 valence electrons. The fourth-order valence-electron chi connectivity index (χ4n) is 1.86. The van der Waals surface area contributed by atoms with E-state index in [0.29, 0.717) is 0 Å². The van der Waals surface area contributed by atoms with Crippen molar-refractivity contribution in [3.05, 3.63) is 41.6 Å². The summed E-state index contributed by atoms with van der Waals surface area (Å²) in [5, 5.41) is 1.20. The molecule has 0 fully saturated rings. The Balaban J connectivity index is 2.42. The normalized spacial score (nSPS) is 12.9. The van der Waals surface area contributed by atoms with Crippen LogP contribution in [0.5, 0.6) is 0 Å². The lowest BCUT2D eigenvalue weighted by molar-refractivity contribution is 0.636. The van der Waals surface area contributed by atoms with E-state index < -0.39 is 0 Å². The van der Waals surface area contributed by atoms with Gasteiger partial charge in [0.1, 0.15) is 0 Å². The summed E-state index contributed by atoms with van der Waals surface area (Å²) < 4.78 is 0. The van der Waals surface area contributed by atoms with Crippen LogP contribution in [-0.4, -0.2) is 11.0 Å². The van der Waals surface area contributed by atoms with E-state index in [4.69, 9.17) is 5.73 Å². The largest absolute Gasteiger partial charge is 0.327 e. The van der Waals surface area contributed by atoms with Crippen LogP contribution in [0.15, 0.2) is 30.3 Å². The van der Waals surface area contributed by atoms with Gasteiger partial charge in [0.05, 0.1) is 5.52 Å². The van der Waals surface area contributed by atoms with Crippen molar-refractivity contribution in [3.8, 4) is 0 Å². The van der Waals surface area contributed by atoms with E-state index in [1.807, 2.05) is 12.1 Å². The van der Waals surface area contributed by atoms with Crippen LogP contribution in [0.4, 0.5) is 0 Å². The van der Waals surface area contributed by atoms with Crippen LogP contribution < -0.4 is 5.73 Å². The standard InChI is InChI=1S/C14H18N2/c1-3-12(15)9-14-10(2)8-11-6-4-5-7-13(11)16-14/h4-8,12H,3,9,15H2,1-2H3. The third kappa shape index (κ3) is 2.22. The molecule has 0 amide bonds. The summed E-state index contributed by atoms with van der Waals surface area (Å²) in [4.78, 5) is 4.68. The van der Waals surface area contributed by atoms with Gasteiger partial charge in [0.25, 0.3) is 0 Å². The summed E-state index contributed by atoms with van der Waals surface area (Å²) in [7, 11) is 0. The van der Waals surface area contributed by atoms with E-state index >= 15 is 0 Å². The van der Waals surface area contributed by atoms with Crippen LogP contribution in [0.3, 0.4) is 0 Å². The molecule has 2 N–H and O–H groups in total. The highest BCUT2D eigenvalue weighted by Gasteiger charge is 2.07. The predicted octanol–water partition coefficient (Wildman–Crippen LogP) is 2.82. The molecule has 0 radical (unpaired) electrons. The Hall–Kier alpha value is -1.41. The lowest BCUT2D eigenvalue weighted by Gasteiger charge is -2.11. The van der Waals surface area contributed by atoms with Gasteiger partial charge in [0.2, 0.25) is 0 Å². The summed E-state index contributed by atoms with van der Waals surface area (Å²) >= 11 is 0. The number of benzene rings is 1. The zero-order chi connectivity index (χ0) is 11.5. The SMILES string of the molecule is CCC(N)Cc1nc2ccccc2cc1C. The number of fused-ring (bicyclic) bond motifs is 1. The van der Waals surface area contributed by atoms with E-state index in [2.05, 4.69) is 37.0 Å². The van der Waals surface area contributed by atoms with Gasteiger partial charge in [-0.2, -0.15) is 0 Å². The fourth-order valence-corrected chi connectivity index (χ4v) is 1.86. The Morgan fingerprint density at radius 1 is 1.31 bits per heavy atom. The Labute approximate surface area is 96.5 Å². The predicted molar refractivity (Wildman–Crippen MR) is 68.5 cm³/mol. The minimum atomic E-state index is 0.215. The van der Waals surface area contributed by atoms with Crippen molar-refractivity contribution >= 4 is 10.9 Å². The van der Waals surface area contributed by atoms with Gasteiger partial charge in [0.15, 0.2) is 0 Å². The maximum atomic E-state index is 5.98. The second kappa shape index (κ2) is 4.62. The average Bonchev–Trinajstić information content (AvgIpc) is 2.30. The summed E-state index contributed by atoms with van der Waals surface area (Å²) in [5.41, 5.74) is 9.41. The Kier molecular flexibility index (Phi) is 3.20. The second-order valence-electron chi connectivity index (χ2n) is 4.32. The molecule has 0 aliphatic heterocycles. The Morgan fingerprint density at radius 3 is 2.81 bits per heavy atom. The molecule has 0 aliphatic carbocycles. The van der Waals surface area contributed by atoms with Crippen LogP contribution in [0.1, 0.15) is 24.6 Å². The van der Waals surface area contributed by atoms with E-state index in [9.17, 15) is 0 Å². The van der Waals surface area contributed by atoms with Gasteiger partial charge in [-0.1, -0.05) is 25.1 Å². The van der Waals surface area contributed by atoms with Crippen LogP contribution in [0.2, 0.25) is 0 Å². The van der Waals surface area contributed by atoms with Crippen LogP contribution in [0.25, 0.3) is 10.9 Å². The van der Waals surface area contributed by atoms with Crippen molar-refractivity contribution in [2.24, 2.45) is 5.73 Å². The summed E-state index contributed by atoms with van der Waals surface area (Å²) in [6, 6.07) is 10.6. The maximum Gasteiger partial charge on any atom is 0.0705 e. The second-order valence-corrected chi connectivity index (χ2v) is 4.32. The van der Waals surface area contributed by atoms with Gasteiger partial charge in [-0.3, -0.25) is 4.98 Å². The van der Waals surface area contributed by atoms with Crippen molar-refractivity contribution in [2.45, 2.75) is 32.7 Å². The number of aromatic nitrogens is 1. The van der Waals surface area contributed by atoms with Gasteiger partial charge >= 0.3 is 0 Å². The van der Waals surface area contributed by atoms with Gasteiger partial charge in [-0.25, -0.2) is 0 Å². The number of rotatable bonds is 3. The van der Waals surface area contributed by atoms with Gasteiger partial charge in [-0.15, -0.1) is 0 Å². The molecule has 1 atom stereocenters. The molecule has 2 heteroatoms. The first kappa shape index (κ1) is 11.1. The highest BCUT2D eigenvalue weighted by Crippen LogP contribution is 2.17. The molecule has 1 heterocycles.